The van der Waals surface area contributed by atoms with E-state index >= 15 is 0 Å². The number of benzene rings is 1. The van der Waals surface area contributed by atoms with Crippen molar-refractivity contribution in [2.75, 3.05) is 19.0 Å². The first kappa shape index (κ1) is 26.8. The van der Waals surface area contributed by atoms with Crippen molar-refractivity contribution in [1.29, 1.82) is 0 Å². The van der Waals surface area contributed by atoms with Gasteiger partial charge in [0.25, 0.3) is 0 Å². The van der Waals surface area contributed by atoms with E-state index in [1.54, 1.807) is 4.90 Å². The predicted molar refractivity (Wildman–Crippen MR) is 120 cm³/mol. The molecule has 33 heavy (non-hydrogen) atoms. The molecule has 2 rings (SSSR count). The van der Waals surface area contributed by atoms with Crippen LogP contribution in [0.5, 0.6) is 0 Å². The first-order valence-electron chi connectivity index (χ1n) is 11.3. The third kappa shape index (κ3) is 7.27. The summed E-state index contributed by atoms with van der Waals surface area (Å²) in [6, 6.07) is 3.00. The van der Waals surface area contributed by atoms with Crippen molar-refractivity contribution in [3.63, 3.8) is 0 Å². The molecule has 0 aromatic heterocycles. The number of nitrogens with zero attached hydrogens (tertiary/aromatic N) is 1. The molecule has 1 amide bonds. The van der Waals surface area contributed by atoms with Gasteiger partial charge in [-0.1, -0.05) is 0 Å². The first-order valence-corrected chi connectivity index (χ1v) is 11.3. The van der Waals surface area contributed by atoms with Gasteiger partial charge < -0.3 is 19.7 Å². The number of anilines is 1. The van der Waals surface area contributed by atoms with Gasteiger partial charge in [-0.05, 0) is 84.4 Å². The summed E-state index contributed by atoms with van der Waals surface area (Å²) in [6.07, 6.45) is -1.87. The van der Waals surface area contributed by atoms with Crippen molar-refractivity contribution >= 4 is 17.7 Å². The lowest BCUT2D eigenvalue weighted by Crippen LogP contribution is -2.45. The van der Waals surface area contributed by atoms with Crippen LogP contribution in [0.2, 0.25) is 0 Å². The Morgan fingerprint density at radius 3 is 2.24 bits per heavy atom. The van der Waals surface area contributed by atoms with Gasteiger partial charge in [0, 0.05) is 24.3 Å². The minimum Gasteiger partial charge on any atom is -0.465 e. The van der Waals surface area contributed by atoms with Gasteiger partial charge in [-0.2, -0.15) is 13.2 Å². The number of halogens is 3. The molecule has 0 heterocycles. The lowest BCUT2D eigenvalue weighted by Gasteiger charge is -2.39. The monoisotopic (exact) mass is 472 g/mol. The molecule has 0 aliphatic heterocycles. The molecule has 6 nitrogen and oxygen atoms in total. The maximum atomic E-state index is 13.5. The number of amides is 1. The van der Waals surface area contributed by atoms with Crippen LogP contribution >= 0.6 is 0 Å². The van der Waals surface area contributed by atoms with Crippen LogP contribution in [0.3, 0.4) is 0 Å². The van der Waals surface area contributed by atoms with Crippen molar-refractivity contribution in [2.45, 2.75) is 84.2 Å². The summed E-state index contributed by atoms with van der Waals surface area (Å²) in [6.45, 7) is 9.77. The summed E-state index contributed by atoms with van der Waals surface area (Å²) in [5.41, 5.74) is -1.48. The normalized spacial score (nSPS) is 20.0. The van der Waals surface area contributed by atoms with Gasteiger partial charge in [0.15, 0.2) is 0 Å². The highest BCUT2D eigenvalue weighted by molar-refractivity contribution is 5.90. The summed E-state index contributed by atoms with van der Waals surface area (Å²) in [4.78, 5) is 26.1. The topological polar surface area (TPSA) is 67.9 Å². The molecule has 1 aliphatic rings. The number of esters is 1. The Kier molecular flexibility index (Phi) is 8.65. The van der Waals surface area contributed by atoms with E-state index in [2.05, 4.69) is 10.1 Å². The van der Waals surface area contributed by atoms with Crippen molar-refractivity contribution in [3.8, 4) is 0 Å². The second kappa shape index (κ2) is 10.7. The number of hydrogen-bond donors (Lipinski definition) is 1. The molecule has 1 aromatic rings. The summed E-state index contributed by atoms with van der Waals surface area (Å²) >= 11 is 0. The molecule has 1 fully saturated rings. The number of nitrogens with one attached hydrogen (secondary N) is 1. The summed E-state index contributed by atoms with van der Waals surface area (Å²) < 4.78 is 50.7. The molecule has 1 aliphatic carbocycles. The molecule has 1 atom stereocenters. The Morgan fingerprint density at radius 1 is 1.15 bits per heavy atom. The number of hydrogen-bond acceptors (Lipinski definition) is 5. The average Bonchev–Trinajstić information content (AvgIpc) is 2.72. The summed E-state index contributed by atoms with van der Waals surface area (Å²) in [5.74, 6) is -0.566. The van der Waals surface area contributed by atoms with Crippen molar-refractivity contribution in [1.82, 2.24) is 4.90 Å². The summed E-state index contributed by atoms with van der Waals surface area (Å²) in [5, 5.41) is 2.98. The number of carbonyl (C=O) groups excluding carboxylic acids is 2. The minimum atomic E-state index is -4.55. The molecule has 1 saturated carbocycles. The van der Waals surface area contributed by atoms with E-state index in [4.69, 9.17) is 4.74 Å². The third-order valence-corrected chi connectivity index (χ3v) is 5.99. The van der Waals surface area contributed by atoms with Gasteiger partial charge in [0.05, 0.1) is 18.2 Å². The van der Waals surface area contributed by atoms with Gasteiger partial charge in [0.2, 0.25) is 0 Å². The Hall–Kier alpha value is -2.45. The molecular weight excluding hydrogens is 437 g/mol. The molecule has 0 bridgehead atoms. The van der Waals surface area contributed by atoms with E-state index in [9.17, 15) is 22.8 Å². The Bertz CT molecular complexity index is 828. The van der Waals surface area contributed by atoms with Crippen LogP contribution in [-0.4, -0.2) is 48.3 Å². The highest BCUT2D eigenvalue weighted by atomic mass is 19.4. The zero-order valence-electron chi connectivity index (χ0n) is 20.2. The fraction of sp³-hybridized carbons (Fsp3) is 0.667. The van der Waals surface area contributed by atoms with Gasteiger partial charge in [-0.25, -0.2) is 9.59 Å². The van der Waals surface area contributed by atoms with E-state index in [1.165, 1.54) is 13.2 Å². The molecule has 1 aromatic carbocycles. The third-order valence-electron chi connectivity index (χ3n) is 5.99. The fourth-order valence-electron chi connectivity index (χ4n) is 4.29. The summed E-state index contributed by atoms with van der Waals surface area (Å²) in [7, 11) is 1.19. The Balaban J connectivity index is 2.08. The minimum absolute atomic E-state index is 0.0432. The van der Waals surface area contributed by atoms with Crippen molar-refractivity contribution in [3.05, 3.63) is 29.3 Å². The SMILES string of the molecule is CCN(C(=O)OC(C)(C)C)C1CCC([C@H](C)Nc2cc(C(=O)OC)ccc2C(F)(F)F)CC1. The zero-order valence-corrected chi connectivity index (χ0v) is 20.2. The maximum absolute atomic E-state index is 13.5. The van der Waals surface area contributed by atoms with Crippen LogP contribution in [-0.2, 0) is 15.7 Å². The fourth-order valence-corrected chi connectivity index (χ4v) is 4.29. The second-order valence-corrected chi connectivity index (χ2v) is 9.52. The number of carbonyl (C=O) groups is 2. The largest absolute Gasteiger partial charge is 0.465 e. The standard InChI is InChI=1S/C24H35F3N2O4/c1-7-29(22(31)33-23(3,4)5)18-11-8-16(9-12-18)15(2)28-20-14-17(21(30)32-6)10-13-19(20)24(25,26)27/h10,13-16,18,28H,7-9,11-12H2,1-6H3/t15-,16?,18?/m0/s1. The Labute approximate surface area is 193 Å². The molecule has 0 unspecified atom stereocenters. The van der Waals surface area contributed by atoms with Crippen LogP contribution in [0.15, 0.2) is 18.2 Å². The highest BCUT2D eigenvalue weighted by Crippen LogP contribution is 2.37. The molecule has 1 N–H and O–H groups in total. The maximum Gasteiger partial charge on any atom is 0.418 e. The molecule has 186 valence electrons. The Morgan fingerprint density at radius 2 is 1.76 bits per heavy atom. The number of methoxy groups -OCH3 is 1. The highest BCUT2D eigenvalue weighted by Gasteiger charge is 2.36. The lowest BCUT2D eigenvalue weighted by molar-refractivity contribution is -0.137. The van der Waals surface area contributed by atoms with Crippen LogP contribution in [0.4, 0.5) is 23.7 Å². The second-order valence-electron chi connectivity index (χ2n) is 9.52. The number of rotatable bonds is 6. The van der Waals surface area contributed by atoms with E-state index in [0.717, 1.165) is 37.8 Å². The van der Waals surface area contributed by atoms with Crippen LogP contribution < -0.4 is 5.32 Å². The van der Waals surface area contributed by atoms with Gasteiger partial charge in [0.1, 0.15) is 5.60 Å². The predicted octanol–water partition coefficient (Wildman–Crippen LogP) is 6.11. The first-order chi connectivity index (χ1) is 15.3. The van der Waals surface area contributed by atoms with E-state index in [-0.39, 0.29) is 35.3 Å². The quantitative estimate of drug-likeness (QED) is 0.506. The van der Waals surface area contributed by atoms with Gasteiger partial charge in [-0.3, -0.25) is 0 Å². The van der Waals surface area contributed by atoms with E-state index < -0.39 is 23.3 Å². The smallest absolute Gasteiger partial charge is 0.418 e. The molecule has 9 heteroatoms. The average molecular weight is 473 g/mol. The number of ether oxygens (including phenoxy) is 2. The van der Waals surface area contributed by atoms with E-state index in [1.807, 2.05) is 34.6 Å². The molecular formula is C24H35F3N2O4. The van der Waals surface area contributed by atoms with Crippen LogP contribution in [0.1, 0.15) is 76.2 Å². The van der Waals surface area contributed by atoms with Gasteiger partial charge in [-0.15, -0.1) is 0 Å². The van der Waals surface area contributed by atoms with Crippen LogP contribution in [0, 0.1) is 5.92 Å². The van der Waals surface area contributed by atoms with Gasteiger partial charge >= 0.3 is 18.2 Å². The molecule has 0 saturated heterocycles. The van der Waals surface area contributed by atoms with Crippen molar-refractivity contribution in [2.24, 2.45) is 5.92 Å². The zero-order chi connectivity index (χ0) is 25.0. The van der Waals surface area contributed by atoms with Crippen LogP contribution in [0.25, 0.3) is 0 Å². The van der Waals surface area contributed by atoms with E-state index in [0.29, 0.717) is 6.54 Å². The lowest BCUT2D eigenvalue weighted by atomic mass is 9.81. The molecule has 0 radical (unpaired) electrons. The van der Waals surface area contributed by atoms with Crippen molar-refractivity contribution < 1.29 is 32.2 Å². The number of alkyl halides is 3. The molecule has 0 spiro atoms.